The lowest BCUT2D eigenvalue weighted by Crippen LogP contribution is -2.18. The minimum atomic E-state index is 0.408. The van der Waals surface area contributed by atoms with E-state index in [0.29, 0.717) is 12.0 Å². The van der Waals surface area contributed by atoms with Crippen LogP contribution in [0.3, 0.4) is 0 Å². The molecule has 4 heteroatoms. The van der Waals surface area contributed by atoms with Crippen molar-refractivity contribution < 1.29 is 4.79 Å². The molecule has 3 rings (SSSR count). The normalized spacial score (nSPS) is 22.4. The van der Waals surface area contributed by atoms with E-state index in [1.165, 1.54) is 38.5 Å². The van der Waals surface area contributed by atoms with Crippen molar-refractivity contribution in [3.63, 3.8) is 0 Å². The number of rotatable bonds is 3. The average molecular weight is 233 g/mol. The third kappa shape index (κ3) is 1.90. The Morgan fingerprint density at radius 1 is 1.06 bits per heavy atom. The molecule has 1 heterocycles. The molecule has 2 aliphatic rings. The minimum absolute atomic E-state index is 0.408. The molecule has 0 radical (unpaired) electrons. The van der Waals surface area contributed by atoms with Gasteiger partial charge in [0.15, 0.2) is 6.29 Å². The van der Waals surface area contributed by atoms with Crippen LogP contribution in [-0.2, 0) is 0 Å². The summed E-state index contributed by atoms with van der Waals surface area (Å²) in [6.07, 6.45) is 10.7. The number of carbonyl (C=O) groups is 1. The molecule has 2 fully saturated rings. The second kappa shape index (κ2) is 4.59. The number of carbonyl (C=O) groups excluding carboxylic acids is 1. The summed E-state index contributed by atoms with van der Waals surface area (Å²) in [5.74, 6) is 0.493. The topological polar surface area (TPSA) is 47.8 Å². The summed E-state index contributed by atoms with van der Waals surface area (Å²) in [6.45, 7) is 0. The van der Waals surface area contributed by atoms with E-state index >= 15 is 0 Å². The van der Waals surface area contributed by atoms with Gasteiger partial charge in [0.05, 0.1) is 11.7 Å². The summed E-state index contributed by atoms with van der Waals surface area (Å²) < 4.78 is 1.90. The fourth-order valence-electron chi connectivity index (χ4n) is 3.00. The largest absolute Gasteiger partial charge is 0.296 e. The summed E-state index contributed by atoms with van der Waals surface area (Å²) >= 11 is 0. The Kier molecular flexibility index (Phi) is 2.95. The number of aldehydes is 1. The van der Waals surface area contributed by atoms with E-state index in [4.69, 9.17) is 0 Å². The van der Waals surface area contributed by atoms with Crippen molar-refractivity contribution in [1.82, 2.24) is 15.0 Å². The Morgan fingerprint density at radius 2 is 1.82 bits per heavy atom. The molecule has 0 amide bonds. The van der Waals surface area contributed by atoms with E-state index < -0.39 is 0 Å². The molecule has 4 nitrogen and oxygen atoms in total. The van der Waals surface area contributed by atoms with E-state index in [9.17, 15) is 4.79 Å². The monoisotopic (exact) mass is 233 g/mol. The fourth-order valence-corrected chi connectivity index (χ4v) is 3.00. The van der Waals surface area contributed by atoms with Crippen molar-refractivity contribution in [2.75, 3.05) is 0 Å². The standard InChI is InChI=1S/C13H19N3O/c17-9-12-13(10-5-4-6-10)14-15-16(12)11-7-2-1-3-8-11/h9-11H,1-8H2. The van der Waals surface area contributed by atoms with E-state index in [1.54, 1.807) is 0 Å². The van der Waals surface area contributed by atoms with Gasteiger partial charge >= 0.3 is 0 Å². The van der Waals surface area contributed by atoms with Crippen LogP contribution in [0, 0.1) is 0 Å². The van der Waals surface area contributed by atoms with Crippen LogP contribution in [0.2, 0.25) is 0 Å². The quantitative estimate of drug-likeness (QED) is 0.754. The lowest BCUT2D eigenvalue weighted by molar-refractivity contribution is 0.110. The lowest BCUT2D eigenvalue weighted by atomic mass is 9.82. The molecule has 17 heavy (non-hydrogen) atoms. The molecule has 1 aromatic rings. The highest BCUT2D eigenvalue weighted by atomic mass is 16.1. The first-order valence-corrected chi connectivity index (χ1v) is 6.80. The highest BCUT2D eigenvalue weighted by molar-refractivity contribution is 5.74. The predicted octanol–water partition coefficient (Wildman–Crippen LogP) is 2.86. The number of hydrogen-bond acceptors (Lipinski definition) is 3. The van der Waals surface area contributed by atoms with Crippen LogP contribution in [0.25, 0.3) is 0 Å². The van der Waals surface area contributed by atoms with E-state index in [1.807, 2.05) is 4.68 Å². The minimum Gasteiger partial charge on any atom is -0.296 e. The number of nitrogens with zero attached hydrogens (tertiary/aromatic N) is 3. The van der Waals surface area contributed by atoms with Crippen LogP contribution < -0.4 is 0 Å². The Morgan fingerprint density at radius 3 is 2.41 bits per heavy atom. The second-order valence-corrected chi connectivity index (χ2v) is 5.34. The van der Waals surface area contributed by atoms with Gasteiger partial charge in [-0.15, -0.1) is 5.10 Å². The zero-order valence-corrected chi connectivity index (χ0v) is 10.1. The number of hydrogen-bond donors (Lipinski definition) is 0. The molecule has 0 unspecified atom stereocenters. The first-order chi connectivity index (χ1) is 8.40. The van der Waals surface area contributed by atoms with Crippen molar-refractivity contribution in [2.24, 2.45) is 0 Å². The summed E-state index contributed by atoms with van der Waals surface area (Å²) in [6, 6.07) is 0.408. The van der Waals surface area contributed by atoms with Crippen LogP contribution in [0.15, 0.2) is 0 Å². The summed E-state index contributed by atoms with van der Waals surface area (Å²) in [5, 5.41) is 8.51. The maximum atomic E-state index is 11.3. The molecule has 0 aromatic carbocycles. The van der Waals surface area contributed by atoms with E-state index in [2.05, 4.69) is 10.3 Å². The van der Waals surface area contributed by atoms with Crippen molar-refractivity contribution in [2.45, 2.75) is 63.3 Å². The fraction of sp³-hybridized carbons (Fsp3) is 0.769. The van der Waals surface area contributed by atoms with Crippen molar-refractivity contribution in [3.8, 4) is 0 Å². The summed E-state index contributed by atoms with van der Waals surface area (Å²) in [5.41, 5.74) is 1.71. The summed E-state index contributed by atoms with van der Waals surface area (Å²) in [7, 11) is 0. The second-order valence-electron chi connectivity index (χ2n) is 5.34. The van der Waals surface area contributed by atoms with E-state index in [0.717, 1.165) is 30.5 Å². The molecule has 2 saturated carbocycles. The Hall–Kier alpha value is -1.19. The van der Waals surface area contributed by atoms with Gasteiger partial charge in [0.2, 0.25) is 0 Å². The maximum Gasteiger partial charge on any atom is 0.170 e. The highest BCUT2D eigenvalue weighted by Crippen LogP contribution is 2.37. The zero-order chi connectivity index (χ0) is 11.7. The number of aromatic nitrogens is 3. The molecule has 0 bridgehead atoms. The van der Waals surface area contributed by atoms with Crippen LogP contribution in [-0.4, -0.2) is 21.3 Å². The van der Waals surface area contributed by atoms with Gasteiger partial charge in [0.25, 0.3) is 0 Å². The van der Waals surface area contributed by atoms with Crippen molar-refractivity contribution >= 4 is 6.29 Å². The molecule has 0 saturated heterocycles. The SMILES string of the molecule is O=Cc1c(C2CCC2)nnn1C1CCCCC1. The molecular weight excluding hydrogens is 214 g/mol. The molecule has 0 aliphatic heterocycles. The van der Waals surface area contributed by atoms with Gasteiger partial charge in [-0.3, -0.25) is 4.79 Å². The van der Waals surface area contributed by atoms with Crippen LogP contribution in [0.1, 0.15) is 79.5 Å². The van der Waals surface area contributed by atoms with Gasteiger partial charge < -0.3 is 0 Å². The predicted molar refractivity (Wildman–Crippen MR) is 64.1 cm³/mol. The maximum absolute atomic E-state index is 11.3. The zero-order valence-electron chi connectivity index (χ0n) is 10.1. The smallest absolute Gasteiger partial charge is 0.170 e. The van der Waals surface area contributed by atoms with Crippen LogP contribution >= 0.6 is 0 Å². The molecular formula is C13H19N3O. The van der Waals surface area contributed by atoms with Gasteiger partial charge in [-0.1, -0.05) is 30.9 Å². The lowest BCUT2D eigenvalue weighted by Gasteiger charge is -2.25. The molecule has 0 atom stereocenters. The highest BCUT2D eigenvalue weighted by Gasteiger charge is 2.29. The molecule has 0 spiro atoms. The van der Waals surface area contributed by atoms with Gasteiger partial charge in [0, 0.05) is 5.92 Å². The van der Waals surface area contributed by atoms with Crippen molar-refractivity contribution in [3.05, 3.63) is 11.4 Å². The van der Waals surface area contributed by atoms with Gasteiger partial charge in [-0.05, 0) is 25.7 Å². The van der Waals surface area contributed by atoms with Gasteiger partial charge in [-0.2, -0.15) is 0 Å². The summed E-state index contributed by atoms with van der Waals surface area (Å²) in [4.78, 5) is 11.3. The van der Waals surface area contributed by atoms with Gasteiger partial charge in [-0.25, -0.2) is 4.68 Å². The Labute approximate surface area is 101 Å². The van der Waals surface area contributed by atoms with E-state index in [-0.39, 0.29) is 0 Å². The first kappa shape index (κ1) is 10.9. The van der Waals surface area contributed by atoms with Gasteiger partial charge in [0.1, 0.15) is 5.69 Å². The third-order valence-corrected chi connectivity index (χ3v) is 4.28. The Balaban J connectivity index is 1.87. The van der Waals surface area contributed by atoms with Crippen molar-refractivity contribution in [1.29, 1.82) is 0 Å². The molecule has 0 N–H and O–H groups in total. The van der Waals surface area contributed by atoms with Crippen LogP contribution in [0.4, 0.5) is 0 Å². The third-order valence-electron chi connectivity index (χ3n) is 4.28. The molecule has 1 aromatic heterocycles. The molecule has 2 aliphatic carbocycles. The first-order valence-electron chi connectivity index (χ1n) is 6.80. The van der Waals surface area contributed by atoms with Crippen LogP contribution in [0.5, 0.6) is 0 Å². The average Bonchev–Trinajstić information content (AvgIpc) is 2.71. The molecule has 92 valence electrons. The Bertz CT molecular complexity index is 403.